The summed E-state index contributed by atoms with van der Waals surface area (Å²) < 4.78 is 5.56. The largest absolute Gasteiger partial charge is 0.545 e. The highest BCUT2D eigenvalue weighted by Crippen LogP contribution is 2.33. The lowest BCUT2D eigenvalue weighted by atomic mass is 10.1. The Hall–Kier alpha value is -3.17. The smallest absolute Gasteiger partial charge is 0.266 e. The number of anilines is 1. The molecule has 1 aliphatic heterocycles. The van der Waals surface area contributed by atoms with Gasteiger partial charge >= 0.3 is 0 Å². The number of hydrogen-bond acceptors (Lipinski definition) is 7. The SMILES string of the molecule is COc1ccc(/C=C2\SC(=S)N(CCCC(=O)Nc3ccccc3C(=O)[O-])C2=O)cc1. The predicted octanol–water partition coefficient (Wildman–Crippen LogP) is 2.68. The third kappa shape index (κ3) is 5.71. The van der Waals surface area contributed by atoms with Crippen molar-refractivity contribution in [2.24, 2.45) is 0 Å². The molecule has 2 aromatic carbocycles. The van der Waals surface area contributed by atoms with Crippen molar-refractivity contribution in [1.82, 2.24) is 4.90 Å². The van der Waals surface area contributed by atoms with E-state index >= 15 is 0 Å². The van der Waals surface area contributed by atoms with E-state index in [9.17, 15) is 19.5 Å². The van der Waals surface area contributed by atoms with Gasteiger partial charge in [-0.25, -0.2) is 0 Å². The highest BCUT2D eigenvalue weighted by Gasteiger charge is 2.31. The van der Waals surface area contributed by atoms with E-state index < -0.39 is 5.97 Å². The van der Waals surface area contributed by atoms with Gasteiger partial charge in [-0.15, -0.1) is 0 Å². The number of nitrogens with zero attached hydrogens (tertiary/aromatic N) is 1. The lowest BCUT2D eigenvalue weighted by Gasteiger charge is -2.15. The molecule has 2 aromatic rings. The molecule has 1 saturated heterocycles. The maximum Gasteiger partial charge on any atom is 0.266 e. The number of amides is 2. The number of carboxylic acids is 1. The number of rotatable bonds is 8. The maximum absolute atomic E-state index is 12.7. The van der Waals surface area contributed by atoms with Crippen molar-refractivity contribution in [3.63, 3.8) is 0 Å². The van der Waals surface area contributed by atoms with Gasteiger partial charge in [0.15, 0.2) is 0 Å². The number of carbonyl (C=O) groups excluding carboxylic acids is 3. The summed E-state index contributed by atoms with van der Waals surface area (Å²) in [6.07, 6.45) is 2.25. The van der Waals surface area contributed by atoms with Crippen molar-refractivity contribution in [2.75, 3.05) is 19.0 Å². The number of thioether (sulfide) groups is 1. The fourth-order valence-electron chi connectivity index (χ4n) is 2.92. The second-order valence-electron chi connectivity index (χ2n) is 6.59. The first-order valence-corrected chi connectivity index (χ1v) is 10.6. The van der Waals surface area contributed by atoms with Crippen LogP contribution in [0.3, 0.4) is 0 Å². The number of thiocarbonyl (C=S) groups is 1. The first kappa shape index (κ1) is 22.5. The van der Waals surface area contributed by atoms with Crippen molar-refractivity contribution in [1.29, 1.82) is 0 Å². The van der Waals surface area contributed by atoms with Crippen LogP contribution in [0.2, 0.25) is 0 Å². The van der Waals surface area contributed by atoms with Crippen LogP contribution < -0.4 is 15.2 Å². The molecule has 9 heteroatoms. The van der Waals surface area contributed by atoms with E-state index in [0.717, 1.165) is 11.3 Å². The molecule has 0 aliphatic carbocycles. The molecule has 0 radical (unpaired) electrons. The number of carbonyl (C=O) groups is 3. The molecule has 0 aromatic heterocycles. The zero-order chi connectivity index (χ0) is 22.4. The van der Waals surface area contributed by atoms with Gasteiger partial charge in [0.05, 0.1) is 18.0 Å². The Balaban J connectivity index is 1.55. The quantitative estimate of drug-likeness (QED) is 0.483. The van der Waals surface area contributed by atoms with E-state index in [0.29, 0.717) is 22.2 Å². The number of nitrogens with one attached hydrogen (secondary N) is 1. The van der Waals surface area contributed by atoms with E-state index in [1.54, 1.807) is 25.3 Å². The van der Waals surface area contributed by atoms with E-state index in [-0.39, 0.29) is 29.5 Å². The Bertz CT molecular complexity index is 1050. The molecule has 0 spiro atoms. The molecule has 1 N–H and O–H groups in total. The Morgan fingerprint density at radius 2 is 1.90 bits per heavy atom. The number of para-hydroxylation sites is 1. The average molecular weight is 456 g/mol. The molecule has 0 atom stereocenters. The molecule has 3 rings (SSSR count). The zero-order valence-corrected chi connectivity index (χ0v) is 18.3. The van der Waals surface area contributed by atoms with Gasteiger partial charge in [-0.3, -0.25) is 14.5 Å². The summed E-state index contributed by atoms with van der Waals surface area (Å²) in [5, 5.41) is 13.7. The highest BCUT2D eigenvalue weighted by atomic mass is 32.2. The highest BCUT2D eigenvalue weighted by molar-refractivity contribution is 8.26. The standard InChI is InChI=1S/C22H20N2O5S2/c1-29-15-10-8-14(9-11-15)13-18-20(26)24(22(30)31-18)12-4-7-19(25)23-17-6-3-2-5-16(17)21(27)28/h2-3,5-6,8-11,13H,4,7,12H2,1H3,(H,23,25)(H,27,28)/p-1/b18-13-. The van der Waals surface area contributed by atoms with Gasteiger partial charge in [-0.05, 0) is 36.3 Å². The van der Waals surface area contributed by atoms with E-state index in [4.69, 9.17) is 17.0 Å². The van der Waals surface area contributed by atoms with Crippen LogP contribution in [0.4, 0.5) is 5.69 Å². The van der Waals surface area contributed by atoms with Crippen molar-refractivity contribution in [2.45, 2.75) is 12.8 Å². The number of methoxy groups -OCH3 is 1. The van der Waals surface area contributed by atoms with Gasteiger partial charge in [0.2, 0.25) is 5.91 Å². The van der Waals surface area contributed by atoms with Gasteiger partial charge in [-0.1, -0.05) is 54.3 Å². The minimum Gasteiger partial charge on any atom is -0.545 e. The van der Waals surface area contributed by atoms with Crippen LogP contribution in [-0.4, -0.2) is 40.7 Å². The number of benzene rings is 2. The molecule has 1 fully saturated rings. The molecule has 1 aliphatic rings. The maximum atomic E-state index is 12.7. The van der Waals surface area contributed by atoms with E-state index in [1.807, 2.05) is 24.3 Å². The molecule has 2 amide bonds. The number of aromatic carboxylic acids is 1. The van der Waals surface area contributed by atoms with Crippen LogP contribution in [-0.2, 0) is 9.59 Å². The third-order valence-corrected chi connectivity index (χ3v) is 5.87. The monoisotopic (exact) mass is 455 g/mol. The lowest BCUT2D eigenvalue weighted by Crippen LogP contribution is -2.30. The first-order valence-electron chi connectivity index (χ1n) is 9.38. The number of hydrogen-bond donors (Lipinski definition) is 1. The van der Waals surface area contributed by atoms with Crippen LogP contribution in [0, 0.1) is 0 Å². The second-order valence-corrected chi connectivity index (χ2v) is 8.27. The van der Waals surface area contributed by atoms with Crippen molar-refractivity contribution in [3.8, 4) is 5.75 Å². The van der Waals surface area contributed by atoms with Crippen LogP contribution in [0.15, 0.2) is 53.4 Å². The summed E-state index contributed by atoms with van der Waals surface area (Å²) in [6.45, 7) is 0.292. The predicted molar refractivity (Wildman–Crippen MR) is 122 cm³/mol. The van der Waals surface area contributed by atoms with Gasteiger partial charge in [-0.2, -0.15) is 0 Å². The minimum absolute atomic E-state index is 0.0866. The van der Waals surface area contributed by atoms with Gasteiger partial charge in [0.25, 0.3) is 5.91 Å². The van der Waals surface area contributed by atoms with E-state index in [1.165, 1.54) is 28.8 Å². The summed E-state index contributed by atoms with van der Waals surface area (Å²) in [7, 11) is 1.59. The van der Waals surface area contributed by atoms with Gasteiger partial charge in [0, 0.05) is 24.2 Å². The van der Waals surface area contributed by atoms with Crippen LogP contribution >= 0.6 is 24.0 Å². The fraction of sp³-hybridized carbons (Fsp3) is 0.182. The number of carboxylic acid groups (broad SMARTS) is 1. The lowest BCUT2D eigenvalue weighted by molar-refractivity contribution is -0.254. The third-order valence-electron chi connectivity index (χ3n) is 4.49. The van der Waals surface area contributed by atoms with Crippen molar-refractivity contribution in [3.05, 3.63) is 64.6 Å². The summed E-state index contributed by atoms with van der Waals surface area (Å²) in [4.78, 5) is 38.0. The van der Waals surface area contributed by atoms with Gasteiger partial charge < -0.3 is 20.0 Å². The summed E-state index contributed by atoms with van der Waals surface area (Å²) in [5.74, 6) is -1.19. The second kappa shape index (κ2) is 10.2. The Morgan fingerprint density at radius 1 is 1.19 bits per heavy atom. The topological polar surface area (TPSA) is 98.8 Å². The summed E-state index contributed by atoms with van der Waals surface area (Å²) >= 11 is 6.53. The zero-order valence-electron chi connectivity index (χ0n) is 16.6. The molecule has 0 unspecified atom stereocenters. The normalized spacial score (nSPS) is 14.7. The Morgan fingerprint density at radius 3 is 2.58 bits per heavy atom. The van der Waals surface area contributed by atoms with Crippen molar-refractivity contribution < 1.29 is 24.2 Å². The Labute approximate surface area is 189 Å². The van der Waals surface area contributed by atoms with Crippen LogP contribution in [0.25, 0.3) is 6.08 Å². The summed E-state index contributed by atoms with van der Waals surface area (Å²) in [6, 6.07) is 13.3. The molecule has 1 heterocycles. The fourth-order valence-corrected chi connectivity index (χ4v) is 4.23. The Kier molecular flexibility index (Phi) is 7.43. The first-order chi connectivity index (χ1) is 14.9. The van der Waals surface area contributed by atoms with Crippen LogP contribution in [0.5, 0.6) is 5.75 Å². The average Bonchev–Trinajstić information content (AvgIpc) is 3.02. The van der Waals surface area contributed by atoms with E-state index in [2.05, 4.69) is 5.32 Å². The number of ether oxygens (including phenoxy) is 1. The molecule has 160 valence electrons. The van der Waals surface area contributed by atoms with Crippen LogP contribution in [0.1, 0.15) is 28.8 Å². The molecular formula is C22H19N2O5S2-. The molecule has 0 saturated carbocycles. The molecule has 0 bridgehead atoms. The molecular weight excluding hydrogens is 436 g/mol. The minimum atomic E-state index is -1.36. The molecule has 31 heavy (non-hydrogen) atoms. The van der Waals surface area contributed by atoms with Crippen molar-refractivity contribution >= 4 is 57.8 Å². The summed E-state index contributed by atoms with van der Waals surface area (Å²) in [5.41, 5.74) is 0.948. The van der Waals surface area contributed by atoms with Gasteiger partial charge in [0.1, 0.15) is 10.1 Å². The molecule has 7 nitrogen and oxygen atoms in total.